The van der Waals surface area contributed by atoms with Gasteiger partial charge >= 0.3 is 0 Å². The highest BCUT2D eigenvalue weighted by molar-refractivity contribution is 6.31. The minimum atomic E-state index is -0.480. The number of phenolic OH excluding ortho intramolecular Hbond substituents is 1. The van der Waals surface area contributed by atoms with E-state index in [1.165, 1.54) is 30.1 Å². The van der Waals surface area contributed by atoms with E-state index in [1.54, 1.807) is 6.07 Å². The molecule has 3 N–H and O–H groups in total. The van der Waals surface area contributed by atoms with Crippen LogP contribution in [-0.2, 0) is 0 Å². The van der Waals surface area contributed by atoms with Gasteiger partial charge in [-0.15, -0.1) is 0 Å². The summed E-state index contributed by atoms with van der Waals surface area (Å²) in [5.74, 6) is 5.74. The van der Waals surface area contributed by atoms with E-state index in [1.807, 2.05) is 12.1 Å². The SMILES string of the molecule is NN=C(C=Nc1ncccc1F)CN1CCC(c2cccc(O)c2)CC1. The van der Waals surface area contributed by atoms with Gasteiger partial charge in [-0.1, -0.05) is 12.1 Å². The third kappa shape index (κ3) is 4.64. The zero-order valence-corrected chi connectivity index (χ0v) is 14.4. The second-order valence-electron chi connectivity index (χ2n) is 6.33. The van der Waals surface area contributed by atoms with Crippen molar-refractivity contribution in [1.82, 2.24) is 9.88 Å². The molecule has 0 spiro atoms. The van der Waals surface area contributed by atoms with Crippen molar-refractivity contribution < 1.29 is 9.50 Å². The van der Waals surface area contributed by atoms with Crippen molar-refractivity contribution in [3.63, 3.8) is 0 Å². The standard InChI is InChI=1S/C19H22FN5O/c20-18-5-2-8-22-19(18)23-12-16(24-21)13-25-9-6-14(7-10-25)15-3-1-4-17(26)11-15/h1-5,8,11-12,14,26H,6-7,9-10,13,21H2. The van der Waals surface area contributed by atoms with E-state index in [-0.39, 0.29) is 5.82 Å². The quantitative estimate of drug-likeness (QED) is 0.490. The summed E-state index contributed by atoms with van der Waals surface area (Å²) in [4.78, 5) is 10.2. The molecule has 0 radical (unpaired) electrons. The van der Waals surface area contributed by atoms with Gasteiger partial charge in [-0.2, -0.15) is 5.10 Å². The lowest BCUT2D eigenvalue weighted by atomic mass is 9.89. The number of likely N-dealkylation sites (tertiary alicyclic amines) is 1. The Labute approximate surface area is 151 Å². The van der Waals surface area contributed by atoms with E-state index in [0.717, 1.165) is 25.9 Å². The van der Waals surface area contributed by atoms with Crippen LogP contribution < -0.4 is 5.84 Å². The minimum absolute atomic E-state index is 0.0243. The average Bonchev–Trinajstić information content (AvgIpc) is 2.67. The van der Waals surface area contributed by atoms with Crippen LogP contribution in [0.4, 0.5) is 10.2 Å². The molecule has 1 aromatic heterocycles. The predicted molar refractivity (Wildman–Crippen MR) is 100 cm³/mol. The lowest BCUT2D eigenvalue weighted by molar-refractivity contribution is 0.239. The van der Waals surface area contributed by atoms with Crippen LogP contribution in [0.15, 0.2) is 52.7 Å². The summed E-state index contributed by atoms with van der Waals surface area (Å²) in [6.07, 6.45) is 4.94. The summed E-state index contributed by atoms with van der Waals surface area (Å²) >= 11 is 0. The predicted octanol–water partition coefficient (Wildman–Crippen LogP) is 2.82. The Bertz CT molecular complexity index is 800. The van der Waals surface area contributed by atoms with Gasteiger partial charge in [0.2, 0.25) is 0 Å². The molecule has 7 heteroatoms. The molecule has 0 saturated carbocycles. The number of hydrazone groups is 1. The van der Waals surface area contributed by atoms with Crippen molar-refractivity contribution >= 4 is 17.7 Å². The summed E-state index contributed by atoms with van der Waals surface area (Å²) in [7, 11) is 0. The van der Waals surface area contributed by atoms with Crippen molar-refractivity contribution in [3.05, 3.63) is 54.0 Å². The van der Waals surface area contributed by atoms with Gasteiger partial charge in [0.1, 0.15) is 5.75 Å². The number of phenols is 1. The smallest absolute Gasteiger partial charge is 0.188 e. The largest absolute Gasteiger partial charge is 0.508 e. The number of halogens is 1. The molecule has 1 aliphatic rings. The summed E-state index contributed by atoms with van der Waals surface area (Å²) < 4.78 is 13.6. The molecule has 1 saturated heterocycles. The molecule has 136 valence electrons. The molecule has 2 heterocycles. The maximum atomic E-state index is 13.6. The van der Waals surface area contributed by atoms with E-state index in [9.17, 15) is 9.50 Å². The first-order chi connectivity index (χ1) is 12.7. The molecule has 1 aromatic carbocycles. The fraction of sp³-hybridized carbons (Fsp3) is 0.316. The zero-order chi connectivity index (χ0) is 18.4. The Kier molecular flexibility index (Phi) is 5.91. The van der Waals surface area contributed by atoms with Gasteiger partial charge in [-0.05, 0) is 61.7 Å². The molecule has 0 aliphatic carbocycles. The number of nitrogens with zero attached hydrogens (tertiary/aromatic N) is 4. The molecule has 6 nitrogen and oxygen atoms in total. The van der Waals surface area contributed by atoms with E-state index in [2.05, 4.69) is 26.0 Å². The number of hydrogen-bond acceptors (Lipinski definition) is 6. The van der Waals surface area contributed by atoms with Gasteiger partial charge in [0, 0.05) is 12.7 Å². The number of aromatic hydroxyl groups is 1. The number of piperidine rings is 1. The highest BCUT2D eigenvalue weighted by atomic mass is 19.1. The Morgan fingerprint density at radius 3 is 2.81 bits per heavy atom. The van der Waals surface area contributed by atoms with Gasteiger partial charge in [-0.3, -0.25) is 4.90 Å². The Morgan fingerprint density at radius 2 is 2.12 bits per heavy atom. The van der Waals surface area contributed by atoms with Crippen molar-refractivity contribution in [2.24, 2.45) is 15.9 Å². The number of nitrogens with two attached hydrogens (primary N) is 1. The van der Waals surface area contributed by atoms with E-state index < -0.39 is 5.82 Å². The molecule has 2 aromatic rings. The first kappa shape index (κ1) is 18.0. The molecule has 0 amide bonds. The minimum Gasteiger partial charge on any atom is -0.508 e. The van der Waals surface area contributed by atoms with Crippen molar-refractivity contribution in [2.75, 3.05) is 19.6 Å². The molecular formula is C19H22FN5O. The molecule has 3 rings (SSSR count). The summed E-state index contributed by atoms with van der Waals surface area (Å²) in [5.41, 5.74) is 1.75. The third-order valence-electron chi connectivity index (χ3n) is 4.56. The van der Waals surface area contributed by atoms with Crippen LogP contribution in [0, 0.1) is 5.82 Å². The Morgan fingerprint density at radius 1 is 1.31 bits per heavy atom. The first-order valence-corrected chi connectivity index (χ1v) is 8.58. The third-order valence-corrected chi connectivity index (χ3v) is 4.56. The maximum absolute atomic E-state index is 13.6. The Balaban J connectivity index is 1.55. The topological polar surface area (TPSA) is 87.1 Å². The normalized spacial score (nSPS) is 17.0. The molecular weight excluding hydrogens is 333 g/mol. The van der Waals surface area contributed by atoms with Crippen molar-refractivity contribution in [2.45, 2.75) is 18.8 Å². The van der Waals surface area contributed by atoms with Crippen molar-refractivity contribution in [3.8, 4) is 5.75 Å². The monoisotopic (exact) mass is 355 g/mol. The number of rotatable bonds is 5. The average molecular weight is 355 g/mol. The van der Waals surface area contributed by atoms with E-state index >= 15 is 0 Å². The van der Waals surface area contributed by atoms with Gasteiger partial charge in [0.15, 0.2) is 11.6 Å². The van der Waals surface area contributed by atoms with E-state index in [4.69, 9.17) is 5.84 Å². The molecule has 0 bridgehead atoms. The van der Waals surface area contributed by atoms with Gasteiger partial charge in [0.05, 0.1) is 11.9 Å². The van der Waals surface area contributed by atoms with Gasteiger partial charge in [0.25, 0.3) is 0 Å². The van der Waals surface area contributed by atoms with Crippen LogP contribution in [0.3, 0.4) is 0 Å². The second kappa shape index (κ2) is 8.53. The number of benzene rings is 1. The second-order valence-corrected chi connectivity index (χ2v) is 6.33. The van der Waals surface area contributed by atoms with Gasteiger partial charge < -0.3 is 10.9 Å². The van der Waals surface area contributed by atoms with Crippen LogP contribution in [0.25, 0.3) is 0 Å². The molecule has 26 heavy (non-hydrogen) atoms. The summed E-state index contributed by atoms with van der Waals surface area (Å²) in [6.45, 7) is 2.34. The lowest BCUT2D eigenvalue weighted by Gasteiger charge is -2.32. The number of hydrogen-bond donors (Lipinski definition) is 2. The summed E-state index contributed by atoms with van der Waals surface area (Å²) in [6, 6.07) is 10.3. The lowest BCUT2D eigenvalue weighted by Crippen LogP contribution is -2.37. The highest BCUT2D eigenvalue weighted by Crippen LogP contribution is 2.29. The Hall–Kier alpha value is -2.80. The molecule has 0 unspecified atom stereocenters. The molecule has 0 atom stereocenters. The van der Waals surface area contributed by atoms with Crippen LogP contribution in [0.2, 0.25) is 0 Å². The highest BCUT2D eigenvalue weighted by Gasteiger charge is 2.21. The van der Waals surface area contributed by atoms with Crippen LogP contribution in [0.1, 0.15) is 24.3 Å². The number of aromatic nitrogens is 1. The maximum Gasteiger partial charge on any atom is 0.188 e. The summed E-state index contributed by atoms with van der Waals surface area (Å²) in [5, 5.41) is 13.4. The number of pyridine rings is 1. The van der Waals surface area contributed by atoms with E-state index in [0.29, 0.717) is 23.9 Å². The van der Waals surface area contributed by atoms with Crippen LogP contribution in [0.5, 0.6) is 5.75 Å². The van der Waals surface area contributed by atoms with Crippen molar-refractivity contribution in [1.29, 1.82) is 0 Å². The fourth-order valence-corrected chi connectivity index (χ4v) is 3.16. The first-order valence-electron chi connectivity index (χ1n) is 8.58. The number of aliphatic imine (C=N–C) groups is 1. The van der Waals surface area contributed by atoms with Gasteiger partial charge in [-0.25, -0.2) is 14.4 Å². The fourth-order valence-electron chi connectivity index (χ4n) is 3.16. The molecule has 1 fully saturated rings. The molecule has 1 aliphatic heterocycles. The van der Waals surface area contributed by atoms with Crippen LogP contribution >= 0.6 is 0 Å². The zero-order valence-electron chi connectivity index (χ0n) is 14.4. The van der Waals surface area contributed by atoms with Crippen LogP contribution in [-0.4, -0.2) is 46.6 Å².